The topological polar surface area (TPSA) is 52.7 Å². The van der Waals surface area contributed by atoms with Crippen LogP contribution in [0, 0.1) is 11.8 Å². The molecule has 0 unspecified atom stereocenters. The van der Waals surface area contributed by atoms with E-state index in [4.69, 9.17) is 23.2 Å². The van der Waals surface area contributed by atoms with Crippen molar-refractivity contribution in [2.24, 2.45) is 11.8 Å². The number of likely N-dealkylation sites (tertiary alicyclic amines) is 1. The van der Waals surface area contributed by atoms with Crippen LogP contribution in [0.3, 0.4) is 0 Å². The van der Waals surface area contributed by atoms with Gasteiger partial charge in [0.05, 0.1) is 10.7 Å². The summed E-state index contributed by atoms with van der Waals surface area (Å²) in [5.41, 5.74) is 0.510. The zero-order chi connectivity index (χ0) is 20.0. The van der Waals surface area contributed by atoms with Gasteiger partial charge in [0.25, 0.3) is 0 Å². The second kappa shape index (κ2) is 10.2. The zero-order valence-corrected chi connectivity index (χ0v) is 17.8. The summed E-state index contributed by atoms with van der Waals surface area (Å²) < 4.78 is 0. The van der Waals surface area contributed by atoms with Crippen molar-refractivity contribution >= 4 is 40.8 Å². The Labute approximate surface area is 172 Å². The molecule has 1 saturated heterocycles. The summed E-state index contributed by atoms with van der Waals surface area (Å²) in [5, 5.41) is 3.72. The first-order chi connectivity index (χ1) is 12.8. The molecule has 0 atom stereocenters. The molecule has 7 heteroatoms. The maximum atomic E-state index is 12.7. The molecule has 2 rings (SSSR count). The first-order valence-corrected chi connectivity index (χ1v) is 10.3. The molecule has 3 amide bonds. The maximum Gasteiger partial charge on any atom is 0.321 e. The summed E-state index contributed by atoms with van der Waals surface area (Å²) in [6.07, 6.45) is 2.44. The quantitative estimate of drug-likeness (QED) is 0.702. The predicted octanol–water partition coefficient (Wildman–Crippen LogP) is 5.13. The average Bonchev–Trinajstić information content (AvgIpc) is 2.61. The lowest BCUT2D eigenvalue weighted by atomic mass is 9.99. The van der Waals surface area contributed by atoms with Crippen LogP contribution < -0.4 is 5.32 Å². The molecule has 0 aliphatic carbocycles. The molecule has 0 aromatic heterocycles. The number of carbonyl (C=O) groups is 2. The summed E-state index contributed by atoms with van der Waals surface area (Å²) in [4.78, 5) is 28.8. The molecule has 27 heavy (non-hydrogen) atoms. The van der Waals surface area contributed by atoms with Crippen molar-refractivity contribution in [3.63, 3.8) is 0 Å². The molecule has 1 aromatic rings. The first kappa shape index (κ1) is 21.8. The molecular formula is C20H29Cl2N3O2. The van der Waals surface area contributed by atoms with Crippen LogP contribution in [0.5, 0.6) is 0 Å². The number of nitrogens with zero attached hydrogens (tertiary/aromatic N) is 2. The Morgan fingerprint density at radius 1 is 1.26 bits per heavy atom. The monoisotopic (exact) mass is 413 g/mol. The second-order valence-corrected chi connectivity index (χ2v) is 8.55. The molecule has 0 radical (unpaired) electrons. The van der Waals surface area contributed by atoms with Crippen LogP contribution in [0.25, 0.3) is 0 Å². The fourth-order valence-corrected chi connectivity index (χ4v) is 3.60. The molecule has 1 aliphatic heterocycles. The van der Waals surface area contributed by atoms with Gasteiger partial charge in [0, 0.05) is 37.6 Å². The largest absolute Gasteiger partial charge is 0.343 e. The number of carbonyl (C=O) groups excluding carboxylic acids is 2. The maximum absolute atomic E-state index is 12.7. The van der Waals surface area contributed by atoms with Gasteiger partial charge in [-0.05, 0) is 42.9 Å². The Kier molecular flexibility index (Phi) is 8.24. The van der Waals surface area contributed by atoms with Crippen LogP contribution in [-0.4, -0.2) is 47.9 Å². The van der Waals surface area contributed by atoms with Crippen LogP contribution in [0.4, 0.5) is 10.5 Å². The fourth-order valence-electron chi connectivity index (χ4n) is 3.15. The van der Waals surface area contributed by atoms with E-state index in [1.807, 2.05) is 18.7 Å². The molecule has 0 bridgehead atoms. The molecule has 150 valence electrons. The third-order valence-electron chi connectivity index (χ3n) is 4.78. The minimum absolute atomic E-state index is 0.119. The van der Waals surface area contributed by atoms with Gasteiger partial charge in [-0.25, -0.2) is 4.79 Å². The lowest BCUT2D eigenvalue weighted by molar-refractivity contribution is -0.132. The van der Waals surface area contributed by atoms with E-state index in [1.165, 1.54) is 0 Å². The van der Waals surface area contributed by atoms with Crippen molar-refractivity contribution in [2.75, 3.05) is 31.5 Å². The van der Waals surface area contributed by atoms with Gasteiger partial charge in [-0.15, -0.1) is 0 Å². The van der Waals surface area contributed by atoms with E-state index in [-0.39, 0.29) is 11.9 Å². The normalized spacial score (nSPS) is 15.1. The molecule has 1 aliphatic rings. The highest BCUT2D eigenvalue weighted by Gasteiger charge is 2.22. The van der Waals surface area contributed by atoms with E-state index in [2.05, 4.69) is 12.2 Å². The lowest BCUT2D eigenvalue weighted by Gasteiger charge is -2.31. The summed E-state index contributed by atoms with van der Waals surface area (Å²) in [6, 6.07) is 4.69. The number of benzene rings is 1. The standard InChI is InChI=1S/C20H29Cl2N3O2/c1-14(2)13-25(11-8-19(26)24-9-6-15(3)7-10-24)20(27)23-18-5-4-16(21)12-17(18)22/h4-5,12,14-15H,6-11,13H2,1-3H3,(H,23,27). The molecule has 1 aromatic carbocycles. The Morgan fingerprint density at radius 2 is 1.93 bits per heavy atom. The van der Waals surface area contributed by atoms with Crippen LogP contribution in [-0.2, 0) is 4.79 Å². The lowest BCUT2D eigenvalue weighted by Crippen LogP contribution is -2.42. The number of hydrogen-bond acceptors (Lipinski definition) is 2. The SMILES string of the molecule is CC(C)CN(CCC(=O)N1CCC(C)CC1)C(=O)Nc1ccc(Cl)cc1Cl. The molecule has 1 heterocycles. The van der Waals surface area contributed by atoms with Crippen LogP contribution >= 0.6 is 23.2 Å². The van der Waals surface area contributed by atoms with E-state index < -0.39 is 0 Å². The number of amides is 3. The Balaban J connectivity index is 1.95. The van der Waals surface area contributed by atoms with Gasteiger partial charge < -0.3 is 15.1 Å². The summed E-state index contributed by atoms with van der Waals surface area (Å²) in [6.45, 7) is 8.90. The minimum Gasteiger partial charge on any atom is -0.343 e. The molecule has 0 spiro atoms. The number of halogens is 2. The summed E-state index contributed by atoms with van der Waals surface area (Å²) in [5.74, 6) is 1.09. The van der Waals surface area contributed by atoms with E-state index in [9.17, 15) is 9.59 Å². The highest BCUT2D eigenvalue weighted by atomic mass is 35.5. The molecule has 1 fully saturated rings. The van der Waals surface area contributed by atoms with Gasteiger partial charge in [0.15, 0.2) is 0 Å². The molecule has 1 N–H and O–H groups in total. The number of rotatable bonds is 6. The summed E-state index contributed by atoms with van der Waals surface area (Å²) >= 11 is 12.0. The van der Waals surface area contributed by atoms with Crippen molar-refractivity contribution in [3.05, 3.63) is 28.2 Å². The highest BCUT2D eigenvalue weighted by molar-refractivity contribution is 6.36. The number of urea groups is 1. The van der Waals surface area contributed by atoms with E-state index >= 15 is 0 Å². The third-order valence-corrected chi connectivity index (χ3v) is 5.33. The van der Waals surface area contributed by atoms with Crippen LogP contribution in [0.15, 0.2) is 18.2 Å². The van der Waals surface area contributed by atoms with Crippen molar-refractivity contribution in [1.82, 2.24) is 9.80 Å². The van der Waals surface area contributed by atoms with Gasteiger partial charge in [0.2, 0.25) is 5.91 Å². The van der Waals surface area contributed by atoms with E-state index in [1.54, 1.807) is 23.1 Å². The Bertz CT molecular complexity index is 659. The Hall–Kier alpha value is -1.46. The first-order valence-electron chi connectivity index (χ1n) is 9.55. The van der Waals surface area contributed by atoms with Gasteiger partial charge in [0.1, 0.15) is 0 Å². The van der Waals surface area contributed by atoms with Crippen molar-refractivity contribution in [1.29, 1.82) is 0 Å². The summed E-state index contributed by atoms with van der Waals surface area (Å²) in [7, 11) is 0. The predicted molar refractivity (Wildman–Crippen MR) is 111 cm³/mol. The third kappa shape index (κ3) is 6.89. The fraction of sp³-hybridized carbons (Fsp3) is 0.600. The molecule has 0 saturated carbocycles. The van der Waals surface area contributed by atoms with Gasteiger partial charge in [-0.3, -0.25) is 4.79 Å². The molecule has 5 nitrogen and oxygen atoms in total. The highest BCUT2D eigenvalue weighted by Crippen LogP contribution is 2.25. The van der Waals surface area contributed by atoms with Crippen molar-refractivity contribution in [3.8, 4) is 0 Å². The smallest absolute Gasteiger partial charge is 0.321 e. The number of anilines is 1. The second-order valence-electron chi connectivity index (χ2n) is 7.71. The Morgan fingerprint density at radius 3 is 2.52 bits per heavy atom. The van der Waals surface area contributed by atoms with E-state index in [0.29, 0.717) is 47.1 Å². The van der Waals surface area contributed by atoms with Crippen LogP contribution in [0.1, 0.15) is 40.0 Å². The van der Waals surface area contributed by atoms with Gasteiger partial charge in [-0.2, -0.15) is 0 Å². The van der Waals surface area contributed by atoms with E-state index in [0.717, 1.165) is 25.9 Å². The van der Waals surface area contributed by atoms with Crippen molar-refractivity contribution < 1.29 is 9.59 Å². The minimum atomic E-state index is -0.256. The number of nitrogens with one attached hydrogen (secondary N) is 1. The number of piperidine rings is 1. The average molecular weight is 414 g/mol. The number of hydrogen-bond donors (Lipinski definition) is 1. The zero-order valence-electron chi connectivity index (χ0n) is 16.3. The van der Waals surface area contributed by atoms with Crippen molar-refractivity contribution in [2.45, 2.75) is 40.0 Å². The van der Waals surface area contributed by atoms with Crippen LogP contribution in [0.2, 0.25) is 10.0 Å². The van der Waals surface area contributed by atoms with Gasteiger partial charge in [-0.1, -0.05) is 44.0 Å². The molecular weight excluding hydrogens is 385 g/mol. The van der Waals surface area contributed by atoms with Gasteiger partial charge >= 0.3 is 6.03 Å².